The van der Waals surface area contributed by atoms with Gasteiger partial charge >= 0.3 is 12.1 Å². The third kappa shape index (κ3) is 29.5. The van der Waals surface area contributed by atoms with Crippen LogP contribution in [0.3, 0.4) is 0 Å². The second-order valence-electron chi connectivity index (χ2n) is 19.5. The minimum atomic E-state index is -5.08. The molecule has 2 aromatic rings. The molecule has 452 valence electrons. The predicted octanol–water partition coefficient (Wildman–Crippen LogP) is -1.27. The van der Waals surface area contributed by atoms with E-state index in [0.29, 0.717) is 18.5 Å². The molecule has 2 aromatic carbocycles. The number of carbonyl (C=O) groups is 9. The van der Waals surface area contributed by atoms with Crippen molar-refractivity contribution in [3.05, 3.63) is 65.7 Å². The summed E-state index contributed by atoms with van der Waals surface area (Å²) in [5.74, 6) is -8.16. The summed E-state index contributed by atoms with van der Waals surface area (Å²) < 4.78 is 31.7. The van der Waals surface area contributed by atoms with Crippen LogP contribution in [0.1, 0.15) is 84.3 Å². The topological polar surface area (TPSA) is 422 Å². The molecule has 0 heterocycles. The van der Waals surface area contributed by atoms with Crippen molar-refractivity contribution < 1.29 is 66.5 Å². The van der Waals surface area contributed by atoms with Crippen molar-refractivity contribution in [2.45, 2.75) is 128 Å². The number of benzene rings is 2. The van der Waals surface area contributed by atoms with Gasteiger partial charge in [-0.15, -0.1) is 0 Å². The van der Waals surface area contributed by atoms with E-state index in [0.717, 1.165) is 5.56 Å². The van der Waals surface area contributed by atoms with E-state index < -0.39 is 103 Å². The Labute approximate surface area is 469 Å². The Morgan fingerprint density at radius 2 is 1.05 bits per heavy atom. The second-order valence-corrected chi connectivity index (χ2v) is 19.5. The molecule has 0 aliphatic rings. The number of rotatable bonds is 33. The summed E-state index contributed by atoms with van der Waals surface area (Å²) in [7, 11) is 3.00. The van der Waals surface area contributed by atoms with Crippen LogP contribution in [0.15, 0.2) is 64.6 Å². The molecule has 0 aliphatic carbocycles. The van der Waals surface area contributed by atoms with Crippen molar-refractivity contribution in [2.24, 2.45) is 44.8 Å². The van der Waals surface area contributed by atoms with Gasteiger partial charge in [0.2, 0.25) is 47.3 Å². The number of amides is 8. The molecule has 0 saturated heterocycles. The number of aliphatic carboxylic acids is 1. The molecule has 18 N–H and O–H groups in total. The predicted molar refractivity (Wildman–Crippen MR) is 296 cm³/mol. The number of halogens is 3. The average molecular weight is 1150 g/mol. The molecule has 0 aromatic heterocycles. The van der Waals surface area contributed by atoms with Gasteiger partial charge < -0.3 is 80.6 Å². The third-order valence-corrected chi connectivity index (χ3v) is 11.7. The van der Waals surface area contributed by atoms with Gasteiger partial charge in [0.05, 0.1) is 19.1 Å². The first-order valence-corrected chi connectivity index (χ1v) is 26.2. The maximum atomic E-state index is 14.6. The normalized spacial score (nSPS) is 13.2. The zero-order chi connectivity index (χ0) is 61.4. The van der Waals surface area contributed by atoms with Gasteiger partial charge in [0.1, 0.15) is 36.0 Å². The van der Waals surface area contributed by atoms with Crippen LogP contribution in [0.2, 0.25) is 0 Å². The van der Waals surface area contributed by atoms with E-state index >= 15 is 0 Å². The number of nitrogens with two attached hydrogens (primary N) is 4. The fourth-order valence-electron chi connectivity index (χ4n) is 7.70. The summed E-state index contributed by atoms with van der Waals surface area (Å²) in [6, 6.07) is 8.64. The molecule has 29 heteroatoms. The van der Waals surface area contributed by atoms with Crippen molar-refractivity contribution in [1.29, 1.82) is 0 Å². The van der Waals surface area contributed by atoms with Crippen LogP contribution in [0, 0.1) is 11.8 Å². The van der Waals surface area contributed by atoms with Crippen LogP contribution in [0.4, 0.5) is 13.2 Å². The highest BCUT2D eigenvalue weighted by Gasteiger charge is 2.39. The van der Waals surface area contributed by atoms with Gasteiger partial charge in [-0.25, -0.2) is 4.79 Å². The van der Waals surface area contributed by atoms with Gasteiger partial charge in [-0.05, 0) is 94.0 Å². The zero-order valence-corrected chi connectivity index (χ0v) is 46.9. The number of guanidine groups is 2. The maximum absolute atomic E-state index is 14.6. The van der Waals surface area contributed by atoms with Crippen LogP contribution in [-0.4, -0.2) is 170 Å². The fourth-order valence-corrected chi connectivity index (χ4v) is 7.70. The number of carboxylic acid groups (broad SMARTS) is 1. The number of hydrogen-bond donors (Lipinski definition) is 14. The average Bonchev–Trinajstić information content (AvgIpc) is 3.39. The zero-order valence-electron chi connectivity index (χ0n) is 46.9. The van der Waals surface area contributed by atoms with Crippen molar-refractivity contribution in [3.8, 4) is 5.75 Å². The smallest absolute Gasteiger partial charge is 0.490 e. The lowest BCUT2D eigenvalue weighted by atomic mass is 9.99. The molecule has 6 atom stereocenters. The molecule has 81 heavy (non-hydrogen) atoms. The number of phenols is 1. The SMILES string of the molecule is CCNC(=O)[C@@H](CC(C)C)NC(=O)[C@H](CCCN=C(N)N)N(C)C(=O)[C@H](CCCN=C(N)N)NC(=O)[C@H](CC(C)C)NC(=O)[C@H](Cc1ccccc1)NC(=O)CNC(=O)CNC(=O)[C@H](Cc1ccc(O)cc1)NC.O=C(O)C(F)(F)F. The summed E-state index contributed by atoms with van der Waals surface area (Å²) in [5.41, 5.74) is 23.6. The van der Waals surface area contributed by atoms with Crippen molar-refractivity contribution in [2.75, 3.05) is 46.8 Å². The number of aliphatic imine (C=N–C) groups is 2. The van der Waals surface area contributed by atoms with E-state index in [-0.39, 0.29) is 93.4 Å². The van der Waals surface area contributed by atoms with Crippen molar-refractivity contribution in [3.63, 3.8) is 0 Å². The largest absolute Gasteiger partial charge is 0.508 e. The number of nitrogens with one attached hydrogen (secondary N) is 8. The number of hydrogen-bond acceptors (Lipinski definition) is 13. The Hall–Kier alpha value is -8.24. The van der Waals surface area contributed by atoms with Gasteiger partial charge in [-0.3, -0.25) is 48.3 Å². The molecule has 0 spiro atoms. The van der Waals surface area contributed by atoms with Crippen LogP contribution >= 0.6 is 0 Å². The fraction of sp³-hybridized carbons (Fsp3) is 0.558. The first kappa shape index (κ1) is 70.8. The monoisotopic (exact) mass is 1150 g/mol. The molecule has 0 radical (unpaired) electrons. The van der Waals surface area contributed by atoms with Crippen molar-refractivity contribution >= 4 is 65.1 Å². The highest BCUT2D eigenvalue weighted by atomic mass is 19.4. The number of aromatic hydroxyl groups is 1. The molecule has 8 amide bonds. The lowest BCUT2D eigenvalue weighted by Crippen LogP contribution is -2.60. The Balaban J connectivity index is 0.00000437. The van der Waals surface area contributed by atoms with Gasteiger partial charge in [-0.2, -0.15) is 13.2 Å². The van der Waals surface area contributed by atoms with Gasteiger partial charge in [0, 0.05) is 33.1 Å². The molecule has 0 bridgehead atoms. The van der Waals surface area contributed by atoms with E-state index in [1.54, 1.807) is 56.4 Å². The van der Waals surface area contributed by atoms with Crippen LogP contribution in [0.5, 0.6) is 5.75 Å². The number of carboxylic acids is 1. The second kappa shape index (κ2) is 36.8. The van der Waals surface area contributed by atoms with Crippen molar-refractivity contribution in [1.82, 2.24) is 47.4 Å². The van der Waals surface area contributed by atoms with Crippen LogP contribution in [-0.2, 0) is 56.0 Å². The molecular weight excluding hydrogens is 1070 g/mol. The lowest BCUT2D eigenvalue weighted by molar-refractivity contribution is -0.192. The van der Waals surface area contributed by atoms with E-state index in [9.17, 15) is 56.6 Å². The molecule has 0 unspecified atom stereocenters. The number of likely N-dealkylation sites (N-methyl/N-ethyl adjacent to an activating group) is 3. The summed E-state index contributed by atoms with van der Waals surface area (Å²) in [5, 5.41) is 38.4. The number of carbonyl (C=O) groups excluding carboxylic acids is 8. The number of nitrogens with zero attached hydrogens (tertiary/aromatic N) is 3. The van der Waals surface area contributed by atoms with Gasteiger partial charge in [0.25, 0.3) is 0 Å². The minimum absolute atomic E-state index is 0.00320. The summed E-state index contributed by atoms with van der Waals surface area (Å²) in [4.78, 5) is 128. The Bertz CT molecular complexity index is 2410. The first-order chi connectivity index (χ1) is 38.0. The van der Waals surface area contributed by atoms with Gasteiger partial charge in [0.15, 0.2) is 11.9 Å². The Morgan fingerprint density at radius 1 is 0.593 bits per heavy atom. The quantitative estimate of drug-likeness (QED) is 0.0225. The molecule has 0 aliphatic heterocycles. The highest BCUT2D eigenvalue weighted by Crippen LogP contribution is 2.16. The molecular formula is C52H82F3N15O11. The van der Waals surface area contributed by atoms with E-state index in [4.69, 9.17) is 32.8 Å². The maximum Gasteiger partial charge on any atom is 0.490 e. The lowest BCUT2D eigenvalue weighted by Gasteiger charge is -2.33. The minimum Gasteiger partial charge on any atom is -0.508 e. The first-order valence-electron chi connectivity index (χ1n) is 26.2. The number of alkyl halides is 3. The molecule has 0 saturated carbocycles. The Morgan fingerprint density at radius 3 is 1.56 bits per heavy atom. The standard InChI is InChI=1S/C50H81N15O9.C2HF3O2/c1-8-56-44(70)37(24-30(2)3)64-47(73)40(17-13-23-58-50(53)54)65(7)48(74)35(16-12-22-57-49(51)52)62-45(71)38(25-31(4)5)63-46(72)39(27-32-14-10-9-11-15-32)61-42(68)29-59-41(67)28-60-43(69)36(55-6)26-33-18-20-34(66)21-19-33;3-2(4,5)1(6)7/h9-11,14-15,18-21,30-31,35-40,55,66H,8,12-13,16-17,22-29H2,1-7H3,(H,56,70)(H,59,67)(H,60,69)(H,61,68)(H,62,71)(H,63,72)(H,64,73)(H4,51,52,57)(H4,53,54,58);(H,6,7)/t35-,36-,37+,38-,39-,40-;/m0./s1. The van der Waals surface area contributed by atoms with Crippen LogP contribution < -0.4 is 65.5 Å². The molecule has 26 nitrogen and oxygen atoms in total. The molecule has 0 fully saturated rings. The van der Waals surface area contributed by atoms with E-state index in [1.807, 2.05) is 27.7 Å². The van der Waals surface area contributed by atoms with E-state index in [2.05, 4.69) is 52.5 Å². The summed E-state index contributed by atoms with van der Waals surface area (Å²) in [6.07, 6.45) is -3.84. The van der Waals surface area contributed by atoms with E-state index in [1.165, 1.54) is 24.1 Å². The summed E-state index contributed by atoms with van der Waals surface area (Å²) in [6.45, 7) is 8.80. The van der Waals surface area contributed by atoms with Gasteiger partial charge in [-0.1, -0.05) is 70.2 Å². The number of phenolic OH excluding ortho intramolecular Hbond substituents is 1. The summed E-state index contributed by atoms with van der Waals surface area (Å²) >= 11 is 0. The Kier molecular flexibility index (Phi) is 32.2. The van der Waals surface area contributed by atoms with Crippen LogP contribution in [0.25, 0.3) is 0 Å². The third-order valence-electron chi connectivity index (χ3n) is 11.7. The highest BCUT2D eigenvalue weighted by molar-refractivity contribution is 5.97. The molecule has 2 rings (SSSR count).